The molecule has 3 rings (SSSR count). The molecule has 2 aromatic rings. The minimum atomic E-state index is -0.301. The van der Waals surface area contributed by atoms with Crippen molar-refractivity contribution in [1.29, 1.82) is 0 Å². The molecule has 0 aliphatic carbocycles. The molecule has 1 saturated heterocycles. The first kappa shape index (κ1) is 19.4. The minimum absolute atomic E-state index is 0.0194. The van der Waals surface area contributed by atoms with Crippen molar-refractivity contribution < 1.29 is 9.59 Å². The van der Waals surface area contributed by atoms with Crippen molar-refractivity contribution in [2.75, 3.05) is 18.4 Å². The highest BCUT2D eigenvalue weighted by Crippen LogP contribution is 2.35. The lowest BCUT2D eigenvalue weighted by Crippen LogP contribution is -2.39. The molecule has 6 heteroatoms. The van der Waals surface area contributed by atoms with E-state index in [0.717, 1.165) is 30.8 Å². The molecule has 0 radical (unpaired) electrons. The number of rotatable bonds is 4. The molecule has 1 aromatic heterocycles. The summed E-state index contributed by atoms with van der Waals surface area (Å²) >= 11 is 1.63. The number of amides is 3. The van der Waals surface area contributed by atoms with Crippen LogP contribution in [0.5, 0.6) is 0 Å². The molecule has 1 aliphatic heterocycles. The summed E-state index contributed by atoms with van der Waals surface area (Å²) in [6.07, 6.45) is 2.08. The van der Waals surface area contributed by atoms with Crippen LogP contribution in [-0.4, -0.2) is 29.9 Å². The van der Waals surface area contributed by atoms with Crippen molar-refractivity contribution in [1.82, 2.24) is 10.2 Å². The summed E-state index contributed by atoms with van der Waals surface area (Å²) in [5.74, 6) is -0.0194. The summed E-state index contributed by atoms with van der Waals surface area (Å²) in [4.78, 5) is 28.5. The molecule has 144 valence electrons. The van der Waals surface area contributed by atoms with E-state index in [4.69, 9.17) is 0 Å². The van der Waals surface area contributed by atoms with E-state index in [0.29, 0.717) is 11.3 Å². The monoisotopic (exact) mass is 385 g/mol. The first-order chi connectivity index (χ1) is 12.9. The molecule has 3 amide bonds. The van der Waals surface area contributed by atoms with Gasteiger partial charge in [0.15, 0.2) is 0 Å². The van der Waals surface area contributed by atoms with Crippen molar-refractivity contribution in [3.05, 3.63) is 52.2 Å². The molecule has 0 saturated carbocycles. The Labute approximate surface area is 164 Å². The van der Waals surface area contributed by atoms with Crippen LogP contribution in [0.3, 0.4) is 0 Å². The van der Waals surface area contributed by atoms with Crippen LogP contribution < -0.4 is 10.6 Å². The number of carbonyl (C=O) groups excluding carboxylic acids is 2. The number of nitrogens with one attached hydrogen (secondary N) is 2. The maximum atomic E-state index is 12.8. The third kappa shape index (κ3) is 4.69. The fourth-order valence-electron chi connectivity index (χ4n) is 3.33. The van der Waals surface area contributed by atoms with Crippen LogP contribution in [0.15, 0.2) is 41.8 Å². The zero-order valence-electron chi connectivity index (χ0n) is 16.1. The summed E-state index contributed by atoms with van der Waals surface area (Å²) in [7, 11) is 0. The molecular weight excluding hydrogens is 358 g/mol. The van der Waals surface area contributed by atoms with Gasteiger partial charge in [0.05, 0.1) is 17.3 Å². The van der Waals surface area contributed by atoms with Gasteiger partial charge in [0, 0.05) is 18.0 Å². The van der Waals surface area contributed by atoms with E-state index in [-0.39, 0.29) is 23.4 Å². The second kappa shape index (κ2) is 8.13. The van der Waals surface area contributed by atoms with E-state index in [2.05, 4.69) is 31.4 Å². The Bertz CT molecular complexity index is 790. The van der Waals surface area contributed by atoms with Crippen molar-refractivity contribution in [2.45, 2.75) is 39.7 Å². The van der Waals surface area contributed by atoms with Gasteiger partial charge in [-0.15, -0.1) is 11.3 Å². The van der Waals surface area contributed by atoms with Crippen molar-refractivity contribution in [2.24, 2.45) is 5.41 Å². The third-order valence-corrected chi connectivity index (χ3v) is 5.71. The first-order valence-corrected chi connectivity index (χ1v) is 10.2. The van der Waals surface area contributed by atoms with Gasteiger partial charge in [-0.1, -0.05) is 39.0 Å². The molecule has 0 spiro atoms. The fourth-order valence-corrected chi connectivity index (χ4v) is 4.35. The number of urea groups is 1. The van der Waals surface area contributed by atoms with Crippen LogP contribution in [0.4, 0.5) is 10.5 Å². The van der Waals surface area contributed by atoms with Gasteiger partial charge in [-0.2, -0.15) is 0 Å². The lowest BCUT2D eigenvalue weighted by molar-refractivity contribution is 0.0794. The second-order valence-corrected chi connectivity index (χ2v) is 8.94. The van der Waals surface area contributed by atoms with Gasteiger partial charge >= 0.3 is 6.03 Å². The maximum absolute atomic E-state index is 12.8. The molecule has 27 heavy (non-hydrogen) atoms. The van der Waals surface area contributed by atoms with E-state index in [1.807, 2.05) is 34.5 Å². The summed E-state index contributed by atoms with van der Waals surface area (Å²) in [5.41, 5.74) is 0.955. The highest BCUT2D eigenvalue weighted by atomic mass is 32.1. The van der Waals surface area contributed by atoms with E-state index >= 15 is 0 Å². The number of likely N-dealkylation sites (tertiary alicyclic amines) is 1. The minimum Gasteiger partial charge on any atom is -0.339 e. The smallest absolute Gasteiger partial charge is 0.319 e. The lowest BCUT2D eigenvalue weighted by Gasteiger charge is -2.31. The molecule has 0 unspecified atom stereocenters. The molecule has 1 aliphatic rings. The maximum Gasteiger partial charge on any atom is 0.319 e. The highest BCUT2D eigenvalue weighted by Gasteiger charge is 2.29. The van der Waals surface area contributed by atoms with Crippen LogP contribution in [0.25, 0.3) is 0 Å². The van der Waals surface area contributed by atoms with Crippen molar-refractivity contribution in [3.8, 4) is 0 Å². The Morgan fingerprint density at radius 3 is 2.41 bits per heavy atom. The Balaban J connectivity index is 1.75. The van der Waals surface area contributed by atoms with Gasteiger partial charge in [0.2, 0.25) is 0 Å². The number of para-hydroxylation sites is 1. The number of benzene rings is 1. The van der Waals surface area contributed by atoms with E-state index < -0.39 is 0 Å². The standard InChI is InChI=1S/C21H27N3O2S/c1-21(2,3)18(17-11-8-14-27-17)23-20(26)22-16-10-5-4-9-15(16)19(25)24-12-6-7-13-24/h4-5,8-11,14,18H,6-7,12-13H2,1-3H3,(H2,22,23,26)/t18-/m0/s1. The molecule has 2 heterocycles. The van der Waals surface area contributed by atoms with E-state index in [1.165, 1.54) is 0 Å². The Hall–Kier alpha value is -2.34. The zero-order chi connectivity index (χ0) is 19.4. The lowest BCUT2D eigenvalue weighted by atomic mass is 9.86. The van der Waals surface area contributed by atoms with Crippen LogP contribution in [-0.2, 0) is 0 Å². The largest absolute Gasteiger partial charge is 0.339 e. The summed E-state index contributed by atoms with van der Waals surface area (Å²) in [6.45, 7) is 7.86. The topological polar surface area (TPSA) is 61.4 Å². The molecule has 1 atom stereocenters. The fraction of sp³-hybridized carbons (Fsp3) is 0.429. The molecule has 1 fully saturated rings. The Morgan fingerprint density at radius 1 is 1.07 bits per heavy atom. The van der Waals surface area contributed by atoms with Gasteiger partial charge < -0.3 is 15.5 Å². The molecule has 5 nitrogen and oxygen atoms in total. The van der Waals surface area contributed by atoms with Crippen molar-refractivity contribution in [3.63, 3.8) is 0 Å². The van der Waals surface area contributed by atoms with Crippen LogP contribution in [0.1, 0.15) is 54.9 Å². The number of thiophene rings is 1. The number of hydrogen-bond acceptors (Lipinski definition) is 3. The second-order valence-electron chi connectivity index (χ2n) is 7.96. The Kier molecular flexibility index (Phi) is 5.85. The van der Waals surface area contributed by atoms with Crippen LogP contribution in [0, 0.1) is 5.41 Å². The first-order valence-electron chi connectivity index (χ1n) is 9.35. The average Bonchev–Trinajstić information content (AvgIpc) is 3.32. The molecule has 2 N–H and O–H groups in total. The number of hydrogen-bond donors (Lipinski definition) is 2. The predicted octanol–water partition coefficient (Wildman–Crippen LogP) is 4.89. The van der Waals surface area contributed by atoms with Crippen molar-refractivity contribution >= 4 is 29.0 Å². The SMILES string of the molecule is CC(C)(C)[C@@H](NC(=O)Nc1ccccc1C(=O)N1CCCC1)c1cccs1. The Morgan fingerprint density at radius 2 is 1.78 bits per heavy atom. The quantitative estimate of drug-likeness (QED) is 0.787. The van der Waals surface area contributed by atoms with Gasteiger partial charge in [-0.3, -0.25) is 4.79 Å². The van der Waals surface area contributed by atoms with Gasteiger partial charge in [-0.05, 0) is 41.8 Å². The molecular formula is C21H27N3O2S. The number of anilines is 1. The summed E-state index contributed by atoms with van der Waals surface area (Å²) in [5, 5.41) is 7.98. The zero-order valence-corrected chi connectivity index (χ0v) is 16.9. The summed E-state index contributed by atoms with van der Waals surface area (Å²) < 4.78 is 0. The predicted molar refractivity (Wildman–Crippen MR) is 110 cm³/mol. The van der Waals surface area contributed by atoms with Gasteiger partial charge in [0.1, 0.15) is 0 Å². The normalized spacial score (nSPS) is 15.4. The van der Waals surface area contributed by atoms with Crippen LogP contribution >= 0.6 is 11.3 Å². The van der Waals surface area contributed by atoms with Gasteiger partial charge in [-0.25, -0.2) is 4.79 Å². The van der Waals surface area contributed by atoms with E-state index in [1.54, 1.807) is 23.5 Å². The van der Waals surface area contributed by atoms with Crippen LogP contribution in [0.2, 0.25) is 0 Å². The molecule has 0 bridgehead atoms. The third-order valence-electron chi connectivity index (χ3n) is 4.77. The number of carbonyl (C=O) groups is 2. The highest BCUT2D eigenvalue weighted by molar-refractivity contribution is 7.10. The number of nitrogens with zero attached hydrogens (tertiary/aromatic N) is 1. The summed E-state index contributed by atoms with van der Waals surface area (Å²) in [6, 6.07) is 10.8. The van der Waals surface area contributed by atoms with Gasteiger partial charge in [0.25, 0.3) is 5.91 Å². The average molecular weight is 386 g/mol. The van der Waals surface area contributed by atoms with E-state index in [9.17, 15) is 9.59 Å². The molecule has 1 aromatic carbocycles.